The maximum Gasteiger partial charge on any atom is 0.219 e. The number of hydrogen-bond acceptors (Lipinski definition) is 3. The number of likely N-dealkylation sites (tertiary alicyclic amines) is 2. The third-order valence-corrected chi connectivity index (χ3v) is 2.82. The molecule has 0 aromatic heterocycles. The Bertz CT molecular complexity index is 203. The van der Waals surface area contributed by atoms with Gasteiger partial charge in [0.15, 0.2) is 0 Å². The molecule has 4 heteroatoms. The standard InChI is InChI=1S/C8H14N2O2/c1-7(12)10-4-8(5-10)2-9(3-8)6-11/h11H,2-6H2,1H3. The van der Waals surface area contributed by atoms with Gasteiger partial charge in [-0.1, -0.05) is 0 Å². The second kappa shape index (κ2) is 2.44. The average Bonchev–Trinajstić information content (AvgIpc) is 1.81. The van der Waals surface area contributed by atoms with Crippen LogP contribution < -0.4 is 0 Å². The van der Waals surface area contributed by atoms with Gasteiger partial charge in [-0.05, 0) is 0 Å². The van der Waals surface area contributed by atoms with Gasteiger partial charge in [0.05, 0.1) is 6.73 Å². The average molecular weight is 170 g/mol. The lowest BCUT2D eigenvalue weighted by molar-refractivity contribution is -0.163. The van der Waals surface area contributed by atoms with E-state index in [9.17, 15) is 4.79 Å². The molecule has 0 atom stereocenters. The van der Waals surface area contributed by atoms with E-state index < -0.39 is 0 Å². The van der Waals surface area contributed by atoms with Gasteiger partial charge in [0.25, 0.3) is 0 Å². The SMILES string of the molecule is CC(=O)N1CC2(CN(CO)C2)C1. The van der Waals surface area contributed by atoms with Crippen molar-refractivity contribution >= 4 is 5.91 Å². The maximum atomic E-state index is 10.9. The molecule has 68 valence electrons. The summed E-state index contributed by atoms with van der Waals surface area (Å²) >= 11 is 0. The Balaban J connectivity index is 1.79. The summed E-state index contributed by atoms with van der Waals surface area (Å²) in [4.78, 5) is 14.7. The van der Waals surface area contributed by atoms with Crippen LogP contribution in [0.3, 0.4) is 0 Å². The summed E-state index contributed by atoms with van der Waals surface area (Å²) in [5, 5.41) is 8.76. The van der Waals surface area contributed by atoms with Gasteiger partial charge >= 0.3 is 0 Å². The summed E-state index contributed by atoms with van der Waals surface area (Å²) in [7, 11) is 0. The van der Waals surface area contributed by atoms with Crippen molar-refractivity contribution in [3.63, 3.8) is 0 Å². The Morgan fingerprint density at radius 1 is 1.42 bits per heavy atom. The van der Waals surface area contributed by atoms with Crippen molar-refractivity contribution in [1.29, 1.82) is 0 Å². The number of carbonyl (C=O) groups is 1. The van der Waals surface area contributed by atoms with Gasteiger partial charge in [-0.3, -0.25) is 9.69 Å². The third kappa shape index (κ3) is 1.03. The third-order valence-electron chi connectivity index (χ3n) is 2.82. The maximum absolute atomic E-state index is 10.9. The fourth-order valence-corrected chi connectivity index (χ4v) is 2.19. The normalized spacial score (nSPS) is 26.7. The van der Waals surface area contributed by atoms with E-state index >= 15 is 0 Å². The number of aliphatic hydroxyl groups excluding tert-OH is 1. The molecule has 2 aliphatic heterocycles. The molecule has 0 radical (unpaired) electrons. The van der Waals surface area contributed by atoms with Crippen LogP contribution in [-0.2, 0) is 4.79 Å². The van der Waals surface area contributed by atoms with Crippen molar-refractivity contribution in [2.75, 3.05) is 32.9 Å². The molecule has 0 saturated carbocycles. The van der Waals surface area contributed by atoms with Crippen LogP contribution in [0.25, 0.3) is 0 Å². The predicted octanol–water partition coefficient (Wildman–Crippen LogP) is -0.900. The fourth-order valence-electron chi connectivity index (χ4n) is 2.19. The number of carbonyl (C=O) groups excluding carboxylic acids is 1. The van der Waals surface area contributed by atoms with E-state index in [1.807, 2.05) is 9.80 Å². The summed E-state index contributed by atoms with van der Waals surface area (Å²) in [5.41, 5.74) is 0.342. The first-order chi connectivity index (χ1) is 5.65. The number of amides is 1. The molecule has 12 heavy (non-hydrogen) atoms. The van der Waals surface area contributed by atoms with Gasteiger partial charge in [-0.15, -0.1) is 0 Å². The lowest BCUT2D eigenvalue weighted by Gasteiger charge is -2.59. The first kappa shape index (κ1) is 8.01. The van der Waals surface area contributed by atoms with E-state index in [-0.39, 0.29) is 12.6 Å². The molecule has 2 heterocycles. The monoisotopic (exact) mass is 170 g/mol. The number of rotatable bonds is 1. The summed E-state index contributed by atoms with van der Waals surface area (Å²) < 4.78 is 0. The van der Waals surface area contributed by atoms with Crippen molar-refractivity contribution in [1.82, 2.24) is 9.80 Å². The van der Waals surface area contributed by atoms with Crippen LogP contribution in [0.4, 0.5) is 0 Å². The summed E-state index contributed by atoms with van der Waals surface area (Å²) in [6.45, 7) is 5.44. The Kier molecular flexibility index (Phi) is 1.63. The van der Waals surface area contributed by atoms with Crippen LogP contribution in [-0.4, -0.2) is 53.7 Å². The smallest absolute Gasteiger partial charge is 0.219 e. The van der Waals surface area contributed by atoms with Gasteiger partial charge in [0.1, 0.15) is 0 Å². The van der Waals surface area contributed by atoms with Crippen LogP contribution in [0.5, 0.6) is 0 Å². The molecule has 1 spiro atoms. The molecule has 1 N–H and O–H groups in total. The van der Waals surface area contributed by atoms with Crippen LogP contribution >= 0.6 is 0 Å². The van der Waals surface area contributed by atoms with Crippen molar-refractivity contribution < 1.29 is 9.90 Å². The summed E-state index contributed by atoms with van der Waals surface area (Å²) in [6, 6.07) is 0. The molecular weight excluding hydrogens is 156 g/mol. The van der Waals surface area contributed by atoms with Gasteiger partial charge in [0.2, 0.25) is 5.91 Å². The predicted molar refractivity (Wildman–Crippen MR) is 43.3 cm³/mol. The van der Waals surface area contributed by atoms with Crippen molar-refractivity contribution in [3.8, 4) is 0 Å². The van der Waals surface area contributed by atoms with Crippen molar-refractivity contribution in [2.45, 2.75) is 6.92 Å². The highest BCUT2D eigenvalue weighted by Gasteiger charge is 2.51. The molecule has 2 saturated heterocycles. The van der Waals surface area contributed by atoms with Gasteiger partial charge in [0, 0.05) is 38.5 Å². The van der Waals surface area contributed by atoms with E-state index in [0.29, 0.717) is 5.41 Å². The molecule has 2 rings (SSSR count). The van der Waals surface area contributed by atoms with Crippen LogP contribution in [0.2, 0.25) is 0 Å². The molecular formula is C8H14N2O2. The second-order valence-electron chi connectivity index (χ2n) is 4.00. The highest BCUT2D eigenvalue weighted by atomic mass is 16.3. The lowest BCUT2D eigenvalue weighted by Crippen LogP contribution is -2.72. The minimum atomic E-state index is 0.155. The highest BCUT2D eigenvalue weighted by molar-refractivity contribution is 5.74. The van der Waals surface area contributed by atoms with Gasteiger partial charge < -0.3 is 10.0 Å². The molecule has 1 amide bonds. The number of hydrogen-bond donors (Lipinski definition) is 1. The first-order valence-electron chi connectivity index (χ1n) is 4.24. The summed E-state index contributed by atoms with van der Waals surface area (Å²) in [5.74, 6) is 0.170. The van der Waals surface area contributed by atoms with E-state index in [1.165, 1.54) is 0 Å². The largest absolute Gasteiger partial charge is 0.381 e. The molecule has 0 aromatic carbocycles. The minimum Gasteiger partial charge on any atom is -0.381 e. The van der Waals surface area contributed by atoms with Crippen LogP contribution in [0.1, 0.15) is 6.92 Å². The molecule has 0 bridgehead atoms. The van der Waals surface area contributed by atoms with Crippen molar-refractivity contribution in [3.05, 3.63) is 0 Å². The molecule has 4 nitrogen and oxygen atoms in total. The quantitative estimate of drug-likeness (QED) is 0.554. The zero-order valence-corrected chi connectivity index (χ0v) is 7.29. The Morgan fingerprint density at radius 2 is 2.00 bits per heavy atom. The Hall–Kier alpha value is -0.610. The molecule has 2 fully saturated rings. The summed E-state index contributed by atoms with van der Waals surface area (Å²) in [6.07, 6.45) is 0. The van der Waals surface area contributed by atoms with Crippen molar-refractivity contribution in [2.24, 2.45) is 5.41 Å². The van der Waals surface area contributed by atoms with Crippen LogP contribution in [0, 0.1) is 5.41 Å². The second-order valence-corrected chi connectivity index (χ2v) is 4.00. The zero-order valence-electron chi connectivity index (χ0n) is 7.29. The van der Waals surface area contributed by atoms with E-state index in [1.54, 1.807) is 6.92 Å². The molecule has 0 unspecified atom stereocenters. The zero-order chi connectivity index (χ0) is 8.77. The lowest BCUT2D eigenvalue weighted by atomic mass is 9.73. The first-order valence-corrected chi connectivity index (χ1v) is 4.24. The molecule has 2 aliphatic rings. The van der Waals surface area contributed by atoms with Gasteiger partial charge in [-0.25, -0.2) is 0 Å². The van der Waals surface area contributed by atoms with E-state index in [2.05, 4.69) is 0 Å². The van der Waals surface area contributed by atoms with Gasteiger partial charge in [-0.2, -0.15) is 0 Å². The van der Waals surface area contributed by atoms with E-state index in [0.717, 1.165) is 26.2 Å². The minimum absolute atomic E-state index is 0.155. The molecule has 0 aromatic rings. The topological polar surface area (TPSA) is 43.8 Å². The Morgan fingerprint density at radius 3 is 2.42 bits per heavy atom. The van der Waals surface area contributed by atoms with Crippen LogP contribution in [0.15, 0.2) is 0 Å². The van der Waals surface area contributed by atoms with E-state index in [4.69, 9.17) is 5.11 Å². The Labute approximate surface area is 71.8 Å². The number of aliphatic hydroxyl groups is 1. The fraction of sp³-hybridized carbons (Fsp3) is 0.875. The number of nitrogens with zero attached hydrogens (tertiary/aromatic N) is 2. The molecule has 0 aliphatic carbocycles. The highest BCUT2D eigenvalue weighted by Crippen LogP contribution is 2.38.